The number of phenolic OH excluding ortho intramolecular Hbond substituents is 1. The van der Waals surface area contributed by atoms with E-state index in [0.29, 0.717) is 13.1 Å². The smallest absolute Gasteiger partial charge is 0.407 e. The predicted octanol–water partition coefficient (Wildman–Crippen LogP) is 3.18. The lowest BCUT2D eigenvalue weighted by Gasteiger charge is -2.22. The van der Waals surface area contributed by atoms with Gasteiger partial charge in [-0.25, -0.2) is 4.79 Å². The second-order valence-corrected chi connectivity index (χ2v) is 6.42. The average Bonchev–Trinajstić information content (AvgIpc) is 2.40. The number of carbonyl (C=O) groups is 1. The summed E-state index contributed by atoms with van der Waals surface area (Å²) in [5, 5.41) is 15.7. The van der Waals surface area contributed by atoms with Gasteiger partial charge in [0.25, 0.3) is 0 Å². The molecule has 5 nitrogen and oxygen atoms in total. The molecule has 0 aliphatic rings. The molecular formula is C17H28N2O3. The van der Waals surface area contributed by atoms with Gasteiger partial charge in [-0.15, -0.1) is 0 Å². The molecule has 0 heterocycles. The molecule has 22 heavy (non-hydrogen) atoms. The number of nitrogens with one attached hydrogen (secondary N) is 2. The zero-order chi connectivity index (χ0) is 16.6. The quantitative estimate of drug-likeness (QED) is 0.723. The largest absolute Gasteiger partial charge is 0.508 e. The summed E-state index contributed by atoms with van der Waals surface area (Å²) in [6.45, 7) is 8.80. The normalized spacial score (nSPS) is 12.7. The van der Waals surface area contributed by atoms with E-state index in [2.05, 4.69) is 17.6 Å². The predicted molar refractivity (Wildman–Crippen MR) is 87.9 cm³/mol. The van der Waals surface area contributed by atoms with Gasteiger partial charge in [-0.2, -0.15) is 0 Å². The molecule has 0 aromatic heterocycles. The van der Waals surface area contributed by atoms with Crippen molar-refractivity contribution in [3.05, 3.63) is 29.8 Å². The third-order valence-electron chi connectivity index (χ3n) is 3.03. The number of aromatic hydroxyl groups is 1. The standard InChI is InChI=1S/C17H28N2O3/c1-5-7-14(12-19-16(21)22-17(2,3)4)18-11-13-8-6-9-15(20)10-13/h6,8-10,14,18,20H,5,7,11-12H2,1-4H3,(H,19,21). The van der Waals surface area contributed by atoms with Gasteiger partial charge in [-0.3, -0.25) is 0 Å². The van der Waals surface area contributed by atoms with E-state index in [9.17, 15) is 9.90 Å². The van der Waals surface area contributed by atoms with Gasteiger partial charge in [-0.1, -0.05) is 25.5 Å². The first-order valence-electron chi connectivity index (χ1n) is 7.78. The molecule has 1 unspecified atom stereocenters. The van der Waals surface area contributed by atoms with Gasteiger partial charge in [0.15, 0.2) is 0 Å². The lowest BCUT2D eigenvalue weighted by Crippen LogP contribution is -2.42. The summed E-state index contributed by atoms with van der Waals surface area (Å²) in [5.74, 6) is 0.262. The number of carbonyl (C=O) groups excluding carboxylic acids is 1. The summed E-state index contributed by atoms with van der Waals surface area (Å²) < 4.78 is 5.23. The minimum atomic E-state index is -0.487. The highest BCUT2D eigenvalue weighted by molar-refractivity contribution is 5.67. The molecule has 0 saturated heterocycles. The molecule has 0 bridgehead atoms. The number of alkyl carbamates (subject to hydrolysis) is 1. The summed E-state index contributed by atoms with van der Waals surface area (Å²) in [5.41, 5.74) is 0.526. The van der Waals surface area contributed by atoms with Crippen molar-refractivity contribution in [2.45, 2.75) is 58.7 Å². The highest BCUT2D eigenvalue weighted by Crippen LogP contribution is 2.11. The number of benzene rings is 1. The fourth-order valence-corrected chi connectivity index (χ4v) is 2.07. The Morgan fingerprint density at radius 1 is 1.36 bits per heavy atom. The maximum Gasteiger partial charge on any atom is 0.407 e. The van der Waals surface area contributed by atoms with Crippen LogP contribution in [0.4, 0.5) is 4.79 Å². The van der Waals surface area contributed by atoms with Gasteiger partial charge in [0.2, 0.25) is 0 Å². The lowest BCUT2D eigenvalue weighted by atomic mass is 10.1. The zero-order valence-electron chi connectivity index (χ0n) is 14.0. The monoisotopic (exact) mass is 308 g/mol. The Morgan fingerprint density at radius 2 is 2.09 bits per heavy atom. The number of hydrogen-bond acceptors (Lipinski definition) is 4. The van der Waals surface area contributed by atoms with E-state index in [1.165, 1.54) is 0 Å². The highest BCUT2D eigenvalue weighted by atomic mass is 16.6. The van der Waals surface area contributed by atoms with Crippen LogP contribution in [-0.2, 0) is 11.3 Å². The minimum Gasteiger partial charge on any atom is -0.508 e. The summed E-state index contributed by atoms with van der Waals surface area (Å²) in [6.07, 6.45) is 1.58. The summed E-state index contributed by atoms with van der Waals surface area (Å²) in [7, 11) is 0. The van der Waals surface area contributed by atoms with Crippen LogP contribution in [0.2, 0.25) is 0 Å². The van der Waals surface area contributed by atoms with E-state index in [0.717, 1.165) is 18.4 Å². The Bertz CT molecular complexity index is 469. The second-order valence-electron chi connectivity index (χ2n) is 6.42. The fourth-order valence-electron chi connectivity index (χ4n) is 2.07. The molecule has 0 spiro atoms. The number of ether oxygens (including phenoxy) is 1. The molecular weight excluding hydrogens is 280 g/mol. The molecule has 1 aromatic carbocycles. The van der Waals surface area contributed by atoms with Crippen molar-refractivity contribution < 1.29 is 14.6 Å². The van der Waals surface area contributed by atoms with Crippen molar-refractivity contribution >= 4 is 6.09 Å². The number of hydrogen-bond donors (Lipinski definition) is 3. The van der Waals surface area contributed by atoms with E-state index < -0.39 is 11.7 Å². The molecule has 124 valence electrons. The number of amides is 1. The molecule has 5 heteroatoms. The van der Waals surface area contributed by atoms with Crippen LogP contribution in [0.1, 0.15) is 46.1 Å². The van der Waals surface area contributed by atoms with Gasteiger partial charge in [-0.05, 0) is 44.9 Å². The second kappa shape index (κ2) is 8.63. The molecule has 1 amide bonds. The SMILES string of the molecule is CCCC(CNC(=O)OC(C)(C)C)NCc1cccc(O)c1. The lowest BCUT2D eigenvalue weighted by molar-refractivity contribution is 0.0521. The van der Waals surface area contributed by atoms with Gasteiger partial charge in [0, 0.05) is 19.1 Å². The molecule has 1 atom stereocenters. The maximum atomic E-state index is 11.7. The first-order valence-corrected chi connectivity index (χ1v) is 7.78. The van der Waals surface area contributed by atoms with Crippen molar-refractivity contribution in [3.63, 3.8) is 0 Å². The van der Waals surface area contributed by atoms with Crippen molar-refractivity contribution in [1.29, 1.82) is 0 Å². The van der Waals surface area contributed by atoms with E-state index >= 15 is 0 Å². The van der Waals surface area contributed by atoms with Gasteiger partial charge < -0.3 is 20.5 Å². The third kappa shape index (κ3) is 7.88. The molecule has 0 aliphatic carbocycles. The number of rotatable bonds is 7. The van der Waals surface area contributed by atoms with Crippen molar-refractivity contribution in [3.8, 4) is 5.75 Å². The molecule has 0 saturated carbocycles. The van der Waals surface area contributed by atoms with Gasteiger partial charge in [0.1, 0.15) is 11.4 Å². The first kappa shape index (κ1) is 18.3. The van der Waals surface area contributed by atoms with Crippen molar-refractivity contribution in [1.82, 2.24) is 10.6 Å². The molecule has 0 fully saturated rings. The van der Waals surface area contributed by atoms with Gasteiger partial charge >= 0.3 is 6.09 Å². The maximum absolute atomic E-state index is 11.7. The van der Waals surface area contributed by atoms with Crippen LogP contribution in [0.3, 0.4) is 0 Å². The van der Waals surface area contributed by atoms with Crippen LogP contribution < -0.4 is 10.6 Å². The van der Waals surface area contributed by atoms with Crippen LogP contribution in [-0.4, -0.2) is 29.4 Å². The van der Waals surface area contributed by atoms with Crippen LogP contribution >= 0.6 is 0 Å². The van der Waals surface area contributed by atoms with E-state index in [1.807, 2.05) is 32.9 Å². The highest BCUT2D eigenvalue weighted by Gasteiger charge is 2.17. The Hall–Kier alpha value is -1.75. The summed E-state index contributed by atoms with van der Waals surface area (Å²) in [4.78, 5) is 11.7. The summed E-state index contributed by atoms with van der Waals surface area (Å²) in [6, 6.07) is 7.32. The first-order chi connectivity index (χ1) is 10.3. The molecule has 0 aliphatic heterocycles. The van der Waals surface area contributed by atoms with E-state index in [1.54, 1.807) is 12.1 Å². The fraction of sp³-hybridized carbons (Fsp3) is 0.588. The minimum absolute atomic E-state index is 0.167. The molecule has 3 N–H and O–H groups in total. The Balaban J connectivity index is 2.43. The van der Waals surface area contributed by atoms with Gasteiger partial charge in [0.05, 0.1) is 0 Å². The third-order valence-corrected chi connectivity index (χ3v) is 3.03. The van der Waals surface area contributed by atoms with Crippen LogP contribution in [0, 0.1) is 0 Å². The van der Waals surface area contributed by atoms with E-state index in [-0.39, 0.29) is 11.8 Å². The van der Waals surface area contributed by atoms with Crippen LogP contribution in [0.15, 0.2) is 24.3 Å². The van der Waals surface area contributed by atoms with Crippen LogP contribution in [0.5, 0.6) is 5.75 Å². The topological polar surface area (TPSA) is 70.6 Å². The van der Waals surface area contributed by atoms with Crippen LogP contribution in [0.25, 0.3) is 0 Å². The van der Waals surface area contributed by atoms with E-state index in [4.69, 9.17) is 4.74 Å². The zero-order valence-corrected chi connectivity index (χ0v) is 14.0. The van der Waals surface area contributed by atoms with Crippen molar-refractivity contribution in [2.24, 2.45) is 0 Å². The number of phenols is 1. The Kier molecular flexibility index (Phi) is 7.18. The Morgan fingerprint density at radius 3 is 2.68 bits per heavy atom. The molecule has 1 rings (SSSR count). The van der Waals surface area contributed by atoms with Crippen molar-refractivity contribution in [2.75, 3.05) is 6.54 Å². The molecule has 0 radical (unpaired) electrons. The molecule has 1 aromatic rings. The summed E-state index contributed by atoms with van der Waals surface area (Å²) >= 11 is 0. The Labute approximate surface area is 133 Å². The average molecular weight is 308 g/mol.